The lowest BCUT2D eigenvalue weighted by Gasteiger charge is -2.12. The summed E-state index contributed by atoms with van der Waals surface area (Å²) in [6, 6.07) is 6.40. The van der Waals surface area contributed by atoms with Crippen molar-refractivity contribution in [2.24, 2.45) is 0 Å². The van der Waals surface area contributed by atoms with Crippen LogP contribution in [0.3, 0.4) is 0 Å². The van der Waals surface area contributed by atoms with Gasteiger partial charge in [0.05, 0.1) is 0 Å². The molecule has 1 aromatic rings. The van der Waals surface area contributed by atoms with Gasteiger partial charge < -0.3 is 0 Å². The molecule has 0 aromatic heterocycles. The van der Waals surface area contributed by atoms with E-state index in [4.69, 9.17) is 11.6 Å². The van der Waals surface area contributed by atoms with Crippen LogP contribution in [0.2, 0.25) is 0 Å². The van der Waals surface area contributed by atoms with Crippen LogP contribution >= 0.6 is 11.6 Å². The zero-order chi connectivity index (χ0) is 9.14. The van der Waals surface area contributed by atoms with E-state index in [0.717, 1.165) is 0 Å². The number of hydrogen-bond acceptors (Lipinski definition) is 0. The van der Waals surface area contributed by atoms with E-state index in [-0.39, 0.29) is 0 Å². The third-order valence-corrected chi connectivity index (χ3v) is 2.87. The van der Waals surface area contributed by atoms with Gasteiger partial charge in [-0.25, -0.2) is 0 Å². The summed E-state index contributed by atoms with van der Waals surface area (Å²) < 4.78 is 0. The molecule has 0 saturated heterocycles. The average molecular weight is 183 g/mol. The fraction of sp³-hybridized carbons (Fsp3) is 0.455. The Bertz CT molecular complexity index is 266. The minimum Gasteiger partial charge on any atom is -0.126 e. The zero-order valence-corrected chi connectivity index (χ0v) is 8.65. The third kappa shape index (κ3) is 1.81. The lowest BCUT2D eigenvalue weighted by Crippen LogP contribution is -1.98. The van der Waals surface area contributed by atoms with E-state index >= 15 is 0 Å². The van der Waals surface area contributed by atoms with Gasteiger partial charge in [-0.3, -0.25) is 0 Å². The van der Waals surface area contributed by atoms with Crippen molar-refractivity contribution in [1.29, 1.82) is 0 Å². The monoisotopic (exact) mass is 182 g/mol. The average Bonchev–Trinajstić information content (AvgIpc) is 2.08. The Balaban J connectivity index is 3.07. The second-order valence-corrected chi connectivity index (χ2v) is 3.65. The minimum absolute atomic E-state index is 0.464. The second-order valence-electron chi connectivity index (χ2n) is 3.34. The fourth-order valence-corrected chi connectivity index (χ4v) is 1.56. The highest BCUT2D eigenvalue weighted by molar-refractivity contribution is 6.18. The molecule has 0 aliphatic heterocycles. The lowest BCUT2D eigenvalue weighted by molar-refractivity contribution is 0.862. The first-order valence-corrected chi connectivity index (χ1v) is 4.82. The first kappa shape index (κ1) is 9.60. The maximum absolute atomic E-state index is 5.81. The van der Waals surface area contributed by atoms with Crippen molar-refractivity contribution in [3.05, 3.63) is 34.9 Å². The van der Waals surface area contributed by atoms with Gasteiger partial charge in [-0.05, 0) is 36.5 Å². The predicted octanol–water partition coefficient (Wildman–Crippen LogP) is 3.65. The summed E-state index contributed by atoms with van der Waals surface area (Å²) in [6.07, 6.45) is 0. The number of hydrogen-bond donors (Lipinski definition) is 0. The second kappa shape index (κ2) is 3.95. The molecule has 12 heavy (non-hydrogen) atoms. The molecule has 0 aliphatic carbocycles. The van der Waals surface area contributed by atoms with Crippen molar-refractivity contribution in [2.45, 2.75) is 26.7 Å². The zero-order valence-electron chi connectivity index (χ0n) is 7.89. The van der Waals surface area contributed by atoms with Gasteiger partial charge in [0.2, 0.25) is 0 Å². The Morgan fingerprint density at radius 3 is 2.58 bits per heavy atom. The summed E-state index contributed by atoms with van der Waals surface area (Å²) in [5.41, 5.74) is 4.11. The van der Waals surface area contributed by atoms with Crippen LogP contribution in [0, 0.1) is 13.8 Å². The fourth-order valence-electron chi connectivity index (χ4n) is 1.39. The first-order chi connectivity index (χ1) is 5.66. The highest BCUT2D eigenvalue weighted by Crippen LogP contribution is 2.22. The maximum Gasteiger partial charge on any atom is 0.0289 e. The lowest BCUT2D eigenvalue weighted by atomic mass is 9.95. The normalized spacial score (nSPS) is 13.0. The highest BCUT2D eigenvalue weighted by atomic mass is 35.5. The number of rotatable bonds is 2. The third-order valence-electron chi connectivity index (χ3n) is 2.41. The van der Waals surface area contributed by atoms with Crippen molar-refractivity contribution in [1.82, 2.24) is 0 Å². The number of halogens is 1. The van der Waals surface area contributed by atoms with Gasteiger partial charge in [0.15, 0.2) is 0 Å². The van der Waals surface area contributed by atoms with E-state index in [2.05, 4.69) is 39.0 Å². The standard InChI is InChI=1S/C11H15Cl/c1-8-5-4-6-11(10(8)3)9(2)7-12/h4-6,9H,7H2,1-3H3. The molecular weight excluding hydrogens is 168 g/mol. The van der Waals surface area contributed by atoms with Crippen molar-refractivity contribution < 1.29 is 0 Å². The maximum atomic E-state index is 5.81. The molecule has 1 rings (SSSR count). The summed E-state index contributed by atoms with van der Waals surface area (Å²) in [7, 11) is 0. The first-order valence-electron chi connectivity index (χ1n) is 4.29. The van der Waals surface area contributed by atoms with E-state index in [9.17, 15) is 0 Å². The molecule has 0 spiro atoms. The quantitative estimate of drug-likeness (QED) is 0.613. The Morgan fingerprint density at radius 1 is 1.33 bits per heavy atom. The Kier molecular flexibility index (Phi) is 3.16. The molecule has 0 nitrogen and oxygen atoms in total. The summed E-state index contributed by atoms with van der Waals surface area (Å²) in [5, 5.41) is 0. The summed E-state index contributed by atoms with van der Waals surface area (Å²) in [4.78, 5) is 0. The van der Waals surface area contributed by atoms with Crippen LogP contribution in [-0.2, 0) is 0 Å². The summed E-state index contributed by atoms with van der Waals surface area (Å²) in [6.45, 7) is 6.46. The molecule has 1 unspecified atom stereocenters. The molecule has 0 radical (unpaired) electrons. The van der Waals surface area contributed by atoms with E-state index in [1.807, 2.05) is 0 Å². The molecule has 0 aliphatic rings. The SMILES string of the molecule is Cc1cccc(C(C)CCl)c1C. The predicted molar refractivity (Wildman–Crippen MR) is 55.1 cm³/mol. The Morgan fingerprint density at radius 2 is 2.00 bits per heavy atom. The van der Waals surface area contributed by atoms with Gasteiger partial charge in [0, 0.05) is 5.88 Å². The van der Waals surface area contributed by atoms with Crippen molar-refractivity contribution in [3.63, 3.8) is 0 Å². The van der Waals surface area contributed by atoms with Crippen LogP contribution in [0.1, 0.15) is 29.5 Å². The molecule has 0 bridgehead atoms. The van der Waals surface area contributed by atoms with E-state index in [1.165, 1.54) is 16.7 Å². The molecule has 0 fully saturated rings. The largest absolute Gasteiger partial charge is 0.126 e. The molecule has 1 aromatic carbocycles. The summed E-state index contributed by atoms with van der Waals surface area (Å²) in [5.74, 6) is 1.16. The molecule has 66 valence electrons. The topological polar surface area (TPSA) is 0 Å². The molecular formula is C11H15Cl. The van der Waals surface area contributed by atoms with Gasteiger partial charge in [-0.15, -0.1) is 11.6 Å². The smallest absolute Gasteiger partial charge is 0.0289 e. The number of benzene rings is 1. The molecule has 0 saturated carbocycles. The van der Waals surface area contributed by atoms with Crippen LogP contribution in [0.4, 0.5) is 0 Å². The minimum atomic E-state index is 0.464. The molecule has 0 N–H and O–H groups in total. The number of alkyl halides is 1. The van der Waals surface area contributed by atoms with Gasteiger partial charge in [0.1, 0.15) is 0 Å². The summed E-state index contributed by atoms with van der Waals surface area (Å²) >= 11 is 5.81. The van der Waals surface area contributed by atoms with Crippen molar-refractivity contribution in [3.8, 4) is 0 Å². The van der Waals surface area contributed by atoms with Gasteiger partial charge >= 0.3 is 0 Å². The number of aryl methyl sites for hydroxylation is 1. The van der Waals surface area contributed by atoms with E-state index in [1.54, 1.807) is 0 Å². The van der Waals surface area contributed by atoms with Gasteiger partial charge in [0.25, 0.3) is 0 Å². The van der Waals surface area contributed by atoms with Crippen molar-refractivity contribution in [2.75, 3.05) is 5.88 Å². The van der Waals surface area contributed by atoms with Crippen LogP contribution in [0.5, 0.6) is 0 Å². The molecule has 1 heteroatoms. The highest BCUT2D eigenvalue weighted by Gasteiger charge is 2.07. The molecule has 0 amide bonds. The Hall–Kier alpha value is -0.490. The molecule has 1 atom stereocenters. The van der Waals surface area contributed by atoms with Gasteiger partial charge in [-0.2, -0.15) is 0 Å². The molecule has 0 heterocycles. The van der Waals surface area contributed by atoms with Gasteiger partial charge in [-0.1, -0.05) is 25.1 Å². The van der Waals surface area contributed by atoms with E-state index in [0.29, 0.717) is 11.8 Å². The van der Waals surface area contributed by atoms with Crippen LogP contribution in [0.15, 0.2) is 18.2 Å². The van der Waals surface area contributed by atoms with Crippen LogP contribution < -0.4 is 0 Å². The Labute approximate surface area is 79.6 Å². The van der Waals surface area contributed by atoms with Crippen LogP contribution in [-0.4, -0.2) is 5.88 Å². The van der Waals surface area contributed by atoms with E-state index < -0.39 is 0 Å². The van der Waals surface area contributed by atoms with Crippen molar-refractivity contribution >= 4 is 11.6 Å². The van der Waals surface area contributed by atoms with Crippen LogP contribution in [0.25, 0.3) is 0 Å².